The van der Waals surface area contributed by atoms with Crippen LogP contribution >= 0.6 is 0 Å². The number of aryl methyl sites for hydroxylation is 1. The van der Waals surface area contributed by atoms with Gasteiger partial charge in [0, 0.05) is 18.9 Å². The van der Waals surface area contributed by atoms with Gasteiger partial charge < -0.3 is 0 Å². The third-order valence-electron chi connectivity index (χ3n) is 3.80. The molecule has 0 aliphatic rings. The molecule has 0 aliphatic carbocycles. The summed E-state index contributed by atoms with van der Waals surface area (Å²) in [5.41, 5.74) is 0. The van der Waals surface area contributed by atoms with Crippen LogP contribution in [-0.2, 0) is 6.54 Å². The van der Waals surface area contributed by atoms with Crippen molar-refractivity contribution in [2.24, 2.45) is 0 Å². The Bertz CT molecular complexity index is 267. The van der Waals surface area contributed by atoms with E-state index in [1.54, 1.807) is 0 Å². The van der Waals surface area contributed by atoms with Gasteiger partial charge in [0.1, 0.15) is 0 Å². The average molecular weight is 264 g/mol. The Morgan fingerprint density at radius 3 is 1.74 bits per heavy atom. The van der Waals surface area contributed by atoms with Crippen molar-refractivity contribution in [2.45, 2.75) is 90.5 Å². The number of nitrogens with zero attached hydrogens (tertiary/aromatic N) is 2. The molecular weight excluding hydrogens is 232 g/mol. The van der Waals surface area contributed by atoms with E-state index in [4.69, 9.17) is 0 Å². The van der Waals surface area contributed by atoms with Gasteiger partial charge >= 0.3 is 0 Å². The Morgan fingerprint density at radius 2 is 1.26 bits per heavy atom. The van der Waals surface area contributed by atoms with Gasteiger partial charge in [-0.3, -0.25) is 4.68 Å². The minimum absolute atomic E-state index is 1.09. The second kappa shape index (κ2) is 12.3. The summed E-state index contributed by atoms with van der Waals surface area (Å²) >= 11 is 0. The maximum Gasteiger partial charge on any atom is 0.0489 e. The first-order valence-corrected chi connectivity index (χ1v) is 8.41. The molecule has 1 aromatic rings. The molecule has 0 atom stereocenters. The van der Waals surface area contributed by atoms with E-state index in [0.717, 1.165) is 6.54 Å². The molecule has 0 fully saturated rings. The topological polar surface area (TPSA) is 17.8 Å². The van der Waals surface area contributed by atoms with Gasteiger partial charge in [0.05, 0.1) is 0 Å². The summed E-state index contributed by atoms with van der Waals surface area (Å²) < 4.78 is 2.04. The first kappa shape index (κ1) is 16.3. The molecule has 0 amide bonds. The van der Waals surface area contributed by atoms with E-state index in [9.17, 15) is 0 Å². The van der Waals surface area contributed by atoms with Gasteiger partial charge in [-0.2, -0.15) is 5.10 Å². The smallest absolute Gasteiger partial charge is 0.0489 e. The van der Waals surface area contributed by atoms with Gasteiger partial charge in [-0.05, 0) is 12.5 Å². The van der Waals surface area contributed by atoms with Crippen LogP contribution in [0.3, 0.4) is 0 Å². The van der Waals surface area contributed by atoms with Crippen LogP contribution in [0.5, 0.6) is 0 Å². The maximum atomic E-state index is 4.22. The highest BCUT2D eigenvalue weighted by molar-refractivity contribution is 4.77. The van der Waals surface area contributed by atoms with Crippen molar-refractivity contribution in [3.8, 4) is 0 Å². The Kier molecular flexibility index (Phi) is 10.5. The van der Waals surface area contributed by atoms with Crippen molar-refractivity contribution in [3.63, 3.8) is 0 Å². The zero-order valence-electron chi connectivity index (χ0n) is 12.8. The minimum atomic E-state index is 1.09. The zero-order chi connectivity index (χ0) is 13.6. The van der Waals surface area contributed by atoms with E-state index in [1.165, 1.54) is 77.0 Å². The fourth-order valence-corrected chi connectivity index (χ4v) is 2.55. The second-order valence-corrected chi connectivity index (χ2v) is 5.66. The molecule has 0 aliphatic heterocycles. The number of aromatic nitrogens is 2. The largest absolute Gasteiger partial charge is 0.273 e. The number of rotatable bonds is 13. The fraction of sp³-hybridized carbons (Fsp3) is 0.824. The molecule has 0 saturated carbocycles. The number of unbranched alkanes of at least 4 members (excludes halogenated alkanes) is 11. The monoisotopic (exact) mass is 264 g/mol. The zero-order valence-corrected chi connectivity index (χ0v) is 12.8. The summed E-state index contributed by atoms with van der Waals surface area (Å²) in [7, 11) is 0. The standard InChI is InChI=1S/C17H32N2/c1-2-3-4-5-6-7-8-9-10-11-12-13-16-19-17-14-15-18-19/h14-15,17H,2-13,16H2,1H3. The molecule has 2 heteroatoms. The second-order valence-electron chi connectivity index (χ2n) is 5.66. The Morgan fingerprint density at radius 1 is 0.737 bits per heavy atom. The van der Waals surface area contributed by atoms with Crippen LogP contribution < -0.4 is 0 Å². The van der Waals surface area contributed by atoms with Crippen molar-refractivity contribution in [2.75, 3.05) is 0 Å². The number of hydrogen-bond donors (Lipinski definition) is 0. The average Bonchev–Trinajstić information content (AvgIpc) is 2.93. The Balaban J connectivity index is 1.72. The third kappa shape index (κ3) is 9.75. The van der Waals surface area contributed by atoms with Crippen molar-refractivity contribution < 1.29 is 0 Å². The van der Waals surface area contributed by atoms with Gasteiger partial charge in [-0.1, -0.05) is 77.6 Å². The highest BCUT2D eigenvalue weighted by Gasteiger charge is 1.94. The van der Waals surface area contributed by atoms with Crippen LogP contribution in [0.4, 0.5) is 0 Å². The summed E-state index contributed by atoms with van der Waals surface area (Å²) in [5.74, 6) is 0. The normalized spacial score (nSPS) is 11.0. The van der Waals surface area contributed by atoms with Crippen LogP contribution in [0, 0.1) is 0 Å². The molecule has 1 heterocycles. The molecule has 0 bridgehead atoms. The lowest BCUT2D eigenvalue weighted by atomic mass is 10.1. The van der Waals surface area contributed by atoms with Gasteiger partial charge in [-0.15, -0.1) is 0 Å². The van der Waals surface area contributed by atoms with Crippen molar-refractivity contribution in [1.82, 2.24) is 9.78 Å². The molecule has 1 rings (SSSR count). The van der Waals surface area contributed by atoms with E-state index in [-0.39, 0.29) is 0 Å². The lowest BCUT2D eigenvalue weighted by Gasteiger charge is -2.03. The van der Waals surface area contributed by atoms with E-state index in [1.807, 2.05) is 16.9 Å². The molecule has 0 radical (unpaired) electrons. The van der Waals surface area contributed by atoms with Gasteiger partial charge in [0.2, 0.25) is 0 Å². The first-order valence-electron chi connectivity index (χ1n) is 8.41. The molecule has 1 aromatic heterocycles. The maximum absolute atomic E-state index is 4.22. The first-order chi connectivity index (χ1) is 9.43. The van der Waals surface area contributed by atoms with Crippen molar-refractivity contribution in [1.29, 1.82) is 0 Å². The van der Waals surface area contributed by atoms with E-state index < -0.39 is 0 Å². The van der Waals surface area contributed by atoms with Gasteiger partial charge in [0.25, 0.3) is 0 Å². The predicted molar refractivity (Wildman–Crippen MR) is 83.3 cm³/mol. The quantitative estimate of drug-likeness (QED) is 0.425. The highest BCUT2D eigenvalue weighted by Crippen LogP contribution is 2.12. The lowest BCUT2D eigenvalue weighted by Crippen LogP contribution is -1.97. The van der Waals surface area contributed by atoms with Crippen LogP contribution in [0.15, 0.2) is 18.5 Å². The summed E-state index contributed by atoms with van der Waals surface area (Å²) in [4.78, 5) is 0. The molecule has 0 N–H and O–H groups in total. The van der Waals surface area contributed by atoms with Crippen LogP contribution in [0.2, 0.25) is 0 Å². The van der Waals surface area contributed by atoms with Crippen molar-refractivity contribution >= 4 is 0 Å². The molecule has 0 unspecified atom stereocenters. The molecule has 19 heavy (non-hydrogen) atoms. The summed E-state index contributed by atoms with van der Waals surface area (Å²) in [6.45, 7) is 3.37. The Hall–Kier alpha value is -0.790. The molecule has 2 nitrogen and oxygen atoms in total. The lowest BCUT2D eigenvalue weighted by molar-refractivity contribution is 0.513. The van der Waals surface area contributed by atoms with Crippen molar-refractivity contribution in [3.05, 3.63) is 18.5 Å². The molecule has 0 saturated heterocycles. The van der Waals surface area contributed by atoms with E-state index in [0.29, 0.717) is 0 Å². The van der Waals surface area contributed by atoms with E-state index >= 15 is 0 Å². The predicted octanol–water partition coefficient (Wildman–Crippen LogP) is 5.58. The van der Waals surface area contributed by atoms with Crippen LogP contribution in [0.25, 0.3) is 0 Å². The Labute approximate surface area is 119 Å². The highest BCUT2D eigenvalue weighted by atomic mass is 15.3. The SMILES string of the molecule is CCCCCCCCCCCCCCn1cccn1. The summed E-state index contributed by atoms with van der Waals surface area (Å²) in [6.07, 6.45) is 20.9. The molecular formula is C17H32N2. The van der Waals surface area contributed by atoms with Crippen LogP contribution in [-0.4, -0.2) is 9.78 Å². The molecule has 0 aromatic carbocycles. The van der Waals surface area contributed by atoms with Crippen LogP contribution in [0.1, 0.15) is 84.0 Å². The summed E-state index contributed by atoms with van der Waals surface area (Å²) in [6, 6.07) is 2.00. The van der Waals surface area contributed by atoms with E-state index in [2.05, 4.69) is 18.2 Å². The minimum Gasteiger partial charge on any atom is -0.273 e. The summed E-state index contributed by atoms with van der Waals surface area (Å²) in [5, 5.41) is 4.22. The number of hydrogen-bond acceptors (Lipinski definition) is 1. The van der Waals surface area contributed by atoms with Gasteiger partial charge in [0.15, 0.2) is 0 Å². The molecule has 0 spiro atoms. The van der Waals surface area contributed by atoms with Gasteiger partial charge in [-0.25, -0.2) is 0 Å². The third-order valence-corrected chi connectivity index (χ3v) is 3.80. The fourth-order valence-electron chi connectivity index (χ4n) is 2.55. The molecule has 110 valence electrons.